The van der Waals surface area contributed by atoms with Crippen LogP contribution in [0.3, 0.4) is 0 Å². The number of nitrogens with one attached hydrogen (secondary N) is 1. The molecule has 3 aromatic rings. The molecule has 140 valence electrons. The number of nitrogens with zero attached hydrogens (tertiary/aromatic N) is 4. The number of amides is 1. The van der Waals surface area contributed by atoms with E-state index in [1.807, 2.05) is 29.5 Å². The quantitative estimate of drug-likeness (QED) is 0.732. The van der Waals surface area contributed by atoms with Gasteiger partial charge in [0.05, 0.1) is 36.2 Å². The molecular formula is C19H21N5O2S. The zero-order chi connectivity index (χ0) is 18.8. The summed E-state index contributed by atoms with van der Waals surface area (Å²) < 4.78 is 5.09. The molecule has 27 heavy (non-hydrogen) atoms. The monoisotopic (exact) mass is 383 g/mol. The number of aromatic nitrogens is 4. The number of methoxy groups -OCH3 is 1. The summed E-state index contributed by atoms with van der Waals surface area (Å²) in [7, 11) is 1.59. The van der Waals surface area contributed by atoms with Gasteiger partial charge >= 0.3 is 0 Å². The maximum atomic E-state index is 12.6. The van der Waals surface area contributed by atoms with Gasteiger partial charge in [0.2, 0.25) is 11.8 Å². The van der Waals surface area contributed by atoms with Gasteiger partial charge in [0.15, 0.2) is 0 Å². The second-order valence-corrected chi connectivity index (χ2v) is 7.47. The lowest BCUT2D eigenvalue weighted by molar-refractivity contribution is -0.132. The zero-order valence-corrected chi connectivity index (χ0v) is 16.2. The third-order valence-corrected chi connectivity index (χ3v) is 5.81. The molecule has 0 fully saturated rings. The second kappa shape index (κ2) is 7.48. The van der Waals surface area contributed by atoms with Crippen LogP contribution in [0.2, 0.25) is 0 Å². The maximum Gasteiger partial charge on any atom is 0.223 e. The predicted molar refractivity (Wildman–Crippen MR) is 103 cm³/mol. The SMILES string of the molecule is COc1ccc(-c2nc3c([nH]2)CN(C(=O)CCc2scnc2C)CC3)cn1. The third kappa shape index (κ3) is 3.71. The van der Waals surface area contributed by atoms with E-state index in [-0.39, 0.29) is 5.91 Å². The molecule has 4 heterocycles. The van der Waals surface area contributed by atoms with Crippen molar-refractivity contribution in [2.24, 2.45) is 0 Å². The summed E-state index contributed by atoms with van der Waals surface area (Å²) in [6.07, 6.45) is 3.77. The minimum Gasteiger partial charge on any atom is -0.481 e. The first-order chi connectivity index (χ1) is 13.1. The number of hydrogen-bond acceptors (Lipinski definition) is 6. The van der Waals surface area contributed by atoms with Gasteiger partial charge in [-0.05, 0) is 19.4 Å². The van der Waals surface area contributed by atoms with Crippen molar-refractivity contribution < 1.29 is 9.53 Å². The highest BCUT2D eigenvalue weighted by Gasteiger charge is 2.24. The highest BCUT2D eigenvalue weighted by Crippen LogP contribution is 2.24. The van der Waals surface area contributed by atoms with Crippen molar-refractivity contribution >= 4 is 17.2 Å². The molecule has 7 nitrogen and oxygen atoms in total. The van der Waals surface area contributed by atoms with Gasteiger partial charge < -0.3 is 14.6 Å². The fourth-order valence-corrected chi connectivity index (χ4v) is 4.01. The van der Waals surface area contributed by atoms with Crippen molar-refractivity contribution in [1.82, 2.24) is 24.8 Å². The molecule has 0 unspecified atom stereocenters. The number of imidazole rings is 1. The number of thiazole rings is 1. The Bertz CT molecular complexity index is 947. The Morgan fingerprint density at radius 1 is 1.37 bits per heavy atom. The minimum atomic E-state index is 0.177. The van der Waals surface area contributed by atoms with Gasteiger partial charge in [0.1, 0.15) is 5.82 Å². The van der Waals surface area contributed by atoms with E-state index in [1.54, 1.807) is 24.6 Å². The minimum absolute atomic E-state index is 0.177. The van der Waals surface area contributed by atoms with Crippen molar-refractivity contribution in [2.75, 3.05) is 13.7 Å². The van der Waals surface area contributed by atoms with Crippen LogP contribution in [0.15, 0.2) is 23.8 Å². The van der Waals surface area contributed by atoms with E-state index in [0.717, 1.165) is 41.3 Å². The van der Waals surface area contributed by atoms with E-state index in [0.29, 0.717) is 25.4 Å². The fourth-order valence-electron chi connectivity index (χ4n) is 3.23. The van der Waals surface area contributed by atoms with Crippen LogP contribution in [0.25, 0.3) is 11.4 Å². The first-order valence-corrected chi connectivity index (χ1v) is 9.77. The Kier molecular flexibility index (Phi) is 4.89. The maximum absolute atomic E-state index is 12.6. The van der Waals surface area contributed by atoms with Gasteiger partial charge in [0, 0.05) is 42.1 Å². The van der Waals surface area contributed by atoms with Crippen LogP contribution in [0.1, 0.15) is 28.4 Å². The van der Waals surface area contributed by atoms with Gasteiger partial charge in [-0.15, -0.1) is 11.3 Å². The average Bonchev–Trinajstić information content (AvgIpc) is 3.31. The number of pyridine rings is 1. The summed E-state index contributed by atoms with van der Waals surface area (Å²) in [6, 6.07) is 3.74. The molecule has 0 radical (unpaired) electrons. The normalized spacial score (nSPS) is 13.5. The van der Waals surface area contributed by atoms with E-state index in [9.17, 15) is 4.79 Å². The van der Waals surface area contributed by atoms with E-state index in [1.165, 1.54) is 4.88 Å². The number of aryl methyl sites for hydroxylation is 2. The summed E-state index contributed by atoms with van der Waals surface area (Å²) >= 11 is 1.62. The predicted octanol–water partition coefficient (Wildman–Crippen LogP) is 2.76. The van der Waals surface area contributed by atoms with Crippen molar-refractivity contribution in [3.63, 3.8) is 0 Å². The Morgan fingerprint density at radius 3 is 2.96 bits per heavy atom. The number of hydrogen-bond donors (Lipinski definition) is 1. The summed E-state index contributed by atoms with van der Waals surface area (Å²) in [5.41, 5.74) is 5.81. The van der Waals surface area contributed by atoms with E-state index >= 15 is 0 Å². The molecule has 4 rings (SSSR count). The van der Waals surface area contributed by atoms with Crippen LogP contribution in [-0.4, -0.2) is 44.4 Å². The molecule has 3 aromatic heterocycles. The molecule has 0 atom stereocenters. The third-order valence-electron chi connectivity index (χ3n) is 4.81. The summed E-state index contributed by atoms with van der Waals surface area (Å²) in [6.45, 7) is 3.27. The summed E-state index contributed by atoms with van der Waals surface area (Å²) in [5.74, 6) is 1.53. The van der Waals surface area contributed by atoms with E-state index < -0.39 is 0 Å². The fraction of sp³-hybridized carbons (Fsp3) is 0.368. The van der Waals surface area contributed by atoms with Gasteiger partial charge in [-0.1, -0.05) is 0 Å². The summed E-state index contributed by atoms with van der Waals surface area (Å²) in [5, 5.41) is 0. The molecule has 0 aromatic carbocycles. The van der Waals surface area contributed by atoms with Crippen LogP contribution >= 0.6 is 11.3 Å². The number of fused-ring (bicyclic) bond motifs is 1. The lowest BCUT2D eigenvalue weighted by Gasteiger charge is -2.26. The Labute approximate surface area is 161 Å². The lowest BCUT2D eigenvalue weighted by atomic mass is 10.1. The Balaban J connectivity index is 1.42. The molecule has 0 bridgehead atoms. The highest BCUT2D eigenvalue weighted by molar-refractivity contribution is 7.09. The van der Waals surface area contributed by atoms with Crippen molar-refractivity contribution in [1.29, 1.82) is 0 Å². The van der Waals surface area contributed by atoms with Gasteiger partial charge in [-0.2, -0.15) is 0 Å². The zero-order valence-electron chi connectivity index (χ0n) is 15.4. The molecular weight excluding hydrogens is 362 g/mol. The number of carbonyl (C=O) groups excluding carboxylic acids is 1. The largest absolute Gasteiger partial charge is 0.481 e. The first-order valence-electron chi connectivity index (χ1n) is 8.89. The molecule has 1 aliphatic rings. The van der Waals surface area contributed by atoms with Crippen LogP contribution in [0, 0.1) is 6.92 Å². The lowest BCUT2D eigenvalue weighted by Crippen LogP contribution is -2.36. The second-order valence-electron chi connectivity index (χ2n) is 6.53. The van der Waals surface area contributed by atoms with Crippen LogP contribution in [0.4, 0.5) is 0 Å². The number of ether oxygens (including phenoxy) is 1. The van der Waals surface area contributed by atoms with Crippen molar-refractivity contribution in [2.45, 2.75) is 32.7 Å². The summed E-state index contributed by atoms with van der Waals surface area (Å²) in [4.78, 5) is 32.2. The number of rotatable bonds is 5. The van der Waals surface area contributed by atoms with Crippen LogP contribution in [-0.2, 0) is 24.2 Å². The topological polar surface area (TPSA) is 84.0 Å². The smallest absolute Gasteiger partial charge is 0.223 e. The van der Waals surface area contributed by atoms with E-state index in [4.69, 9.17) is 4.74 Å². The van der Waals surface area contributed by atoms with Crippen LogP contribution in [0.5, 0.6) is 5.88 Å². The molecule has 1 N–H and O–H groups in total. The Morgan fingerprint density at radius 2 is 2.26 bits per heavy atom. The highest BCUT2D eigenvalue weighted by atomic mass is 32.1. The number of carbonyl (C=O) groups is 1. The standard InChI is InChI=1S/C19H21N5O2S/c1-12-16(27-11-21-12)4-6-18(25)24-8-7-14-15(10-24)23-19(22-14)13-3-5-17(26-2)20-9-13/h3,5,9,11H,4,6-8,10H2,1-2H3,(H,22,23). The molecule has 0 saturated heterocycles. The van der Waals surface area contributed by atoms with Gasteiger partial charge in [0.25, 0.3) is 0 Å². The Hall–Kier alpha value is -2.74. The average molecular weight is 383 g/mol. The van der Waals surface area contributed by atoms with Crippen molar-refractivity contribution in [3.05, 3.63) is 45.8 Å². The van der Waals surface area contributed by atoms with Gasteiger partial charge in [-0.3, -0.25) is 4.79 Å². The molecule has 0 spiro atoms. The molecule has 1 aliphatic heterocycles. The van der Waals surface area contributed by atoms with E-state index in [2.05, 4.69) is 19.9 Å². The number of aromatic amines is 1. The van der Waals surface area contributed by atoms with Crippen molar-refractivity contribution in [3.8, 4) is 17.3 Å². The molecule has 1 amide bonds. The van der Waals surface area contributed by atoms with Crippen LogP contribution < -0.4 is 4.74 Å². The molecule has 0 aliphatic carbocycles. The molecule has 0 saturated carbocycles. The number of H-pyrrole nitrogens is 1. The first kappa shape index (κ1) is 17.7. The molecule has 8 heteroatoms. The van der Waals surface area contributed by atoms with Gasteiger partial charge in [-0.25, -0.2) is 15.0 Å².